The number of likely N-dealkylation sites (tertiary alicyclic amines) is 1. The fourth-order valence-corrected chi connectivity index (χ4v) is 8.09. The Morgan fingerprint density at radius 3 is 1.60 bits per heavy atom. The van der Waals surface area contributed by atoms with E-state index in [2.05, 4.69) is 22.0 Å². The molecule has 2 aromatic rings. The van der Waals surface area contributed by atoms with Crippen LogP contribution in [0, 0.1) is 11.8 Å². The highest BCUT2D eigenvalue weighted by molar-refractivity contribution is 6.06. The Kier molecular flexibility index (Phi) is 10.8. The van der Waals surface area contributed by atoms with Crippen molar-refractivity contribution in [1.82, 2.24) is 30.7 Å². The first-order valence-corrected chi connectivity index (χ1v) is 19.4. The molecule has 2 atom stereocenters. The molecule has 6 aliphatic heterocycles. The SMILES string of the molecule is CC(C)(C)OC(=O)N1CC(CCc2ccc3c(c2)CN(C2CCC(=O)NC2=O)C3=O)C1.O=C1CCC(N2Cc3cc(CCC4CNC4)ccc3C2=O)C(=O)N1. The second-order valence-corrected chi connectivity index (χ2v) is 16.6. The van der Waals surface area contributed by atoms with Crippen molar-refractivity contribution in [2.45, 2.75) is 103 Å². The van der Waals surface area contributed by atoms with E-state index in [0.717, 1.165) is 61.4 Å². The maximum atomic E-state index is 12.8. The zero-order chi connectivity index (χ0) is 39.0. The zero-order valence-corrected chi connectivity index (χ0v) is 31.8. The van der Waals surface area contributed by atoms with Crippen LogP contribution >= 0.6 is 0 Å². The molecule has 0 radical (unpaired) electrons. The molecule has 4 fully saturated rings. The van der Waals surface area contributed by atoms with Crippen LogP contribution in [-0.2, 0) is 49.8 Å². The van der Waals surface area contributed by atoms with Gasteiger partial charge in [0.2, 0.25) is 23.6 Å². The summed E-state index contributed by atoms with van der Waals surface area (Å²) in [5.41, 5.74) is 5.16. The van der Waals surface area contributed by atoms with Crippen LogP contribution < -0.4 is 16.0 Å². The number of nitrogens with zero attached hydrogens (tertiary/aromatic N) is 3. The van der Waals surface area contributed by atoms with Gasteiger partial charge >= 0.3 is 6.09 Å². The highest BCUT2D eigenvalue weighted by Gasteiger charge is 2.41. The van der Waals surface area contributed by atoms with Gasteiger partial charge in [-0.25, -0.2) is 4.79 Å². The fraction of sp³-hybridized carbons (Fsp3) is 0.537. The first-order valence-electron chi connectivity index (χ1n) is 19.4. The molecule has 55 heavy (non-hydrogen) atoms. The third-order valence-electron chi connectivity index (χ3n) is 11.3. The first kappa shape index (κ1) is 38.2. The van der Waals surface area contributed by atoms with Gasteiger partial charge in [-0.2, -0.15) is 0 Å². The summed E-state index contributed by atoms with van der Waals surface area (Å²) >= 11 is 0. The molecule has 2 aromatic carbocycles. The Balaban J connectivity index is 0.000000174. The Morgan fingerprint density at radius 2 is 1.18 bits per heavy atom. The van der Waals surface area contributed by atoms with E-state index in [1.165, 1.54) is 5.56 Å². The molecule has 6 aliphatic rings. The summed E-state index contributed by atoms with van der Waals surface area (Å²) in [7, 11) is 0. The van der Waals surface area contributed by atoms with Crippen LogP contribution in [0.15, 0.2) is 36.4 Å². The number of carbonyl (C=O) groups excluding carboxylic acids is 7. The van der Waals surface area contributed by atoms with Crippen molar-refractivity contribution in [1.29, 1.82) is 0 Å². The number of benzene rings is 2. The lowest BCUT2D eigenvalue weighted by Crippen LogP contribution is -2.52. The normalized spacial score (nSPS) is 22.6. The number of piperidine rings is 2. The maximum absolute atomic E-state index is 12.8. The molecule has 0 aliphatic carbocycles. The van der Waals surface area contributed by atoms with E-state index in [9.17, 15) is 33.6 Å². The van der Waals surface area contributed by atoms with Gasteiger partial charge in [0.1, 0.15) is 17.7 Å². The number of nitrogens with one attached hydrogen (secondary N) is 3. The maximum Gasteiger partial charge on any atom is 0.410 e. The molecular weight excluding hydrogens is 704 g/mol. The number of rotatable bonds is 8. The third-order valence-corrected chi connectivity index (χ3v) is 11.3. The molecule has 2 unspecified atom stereocenters. The van der Waals surface area contributed by atoms with Gasteiger partial charge in [-0.3, -0.25) is 39.4 Å². The fourth-order valence-electron chi connectivity index (χ4n) is 8.09. The summed E-state index contributed by atoms with van der Waals surface area (Å²) in [6.45, 7) is 10.1. The van der Waals surface area contributed by atoms with E-state index >= 15 is 0 Å². The molecule has 3 N–H and O–H groups in total. The quantitative estimate of drug-likeness (QED) is 0.343. The van der Waals surface area contributed by atoms with Gasteiger partial charge in [0.05, 0.1) is 0 Å². The van der Waals surface area contributed by atoms with Crippen molar-refractivity contribution in [3.63, 3.8) is 0 Å². The van der Waals surface area contributed by atoms with Gasteiger partial charge < -0.3 is 24.8 Å². The highest BCUT2D eigenvalue weighted by Crippen LogP contribution is 2.31. The van der Waals surface area contributed by atoms with Crippen LogP contribution in [0.4, 0.5) is 4.79 Å². The number of imide groups is 2. The van der Waals surface area contributed by atoms with Gasteiger partial charge in [-0.15, -0.1) is 0 Å². The Bertz CT molecular complexity index is 1910. The van der Waals surface area contributed by atoms with Crippen LogP contribution in [0.1, 0.15) is 102 Å². The number of fused-ring (bicyclic) bond motifs is 2. The molecule has 14 nitrogen and oxygen atoms in total. The van der Waals surface area contributed by atoms with Crippen LogP contribution in [-0.4, -0.2) is 100 Å². The summed E-state index contributed by atoms with van der Waals surface area (Å²) < 4.78 is 5.39. The Morgan fingerprint density at radius 1 is 0.709 bits per heavy atom. The molecule has 0 bridgehead atoms. The number of ether oxygens (including phenoxy) is 1. The monoisotopic (exact) mass is 754 g/mol. The molecule has 0 aromatic heterocycles. The molecule has 4 saturated heterocycles. The lowest BCUT2D eigenvalue weighted by molar-refractivity contribution is -0.138. The minimum atomic E-state index is -0.588. The van der Waals surface area contributed by atoms with Crippen LogP contribution in [0.2, 0.25) is 0 Å². The third kappa shape index (κ3) is 8.59. The number of aryl methyl sites for hydroxylation is 2. The van der Waals surface area contributed by atoms with E-state index in [4.69, 9.17) is 4.74 Å². The number of carbonyl (C=O) groups is 7. The van der Waals surface area contributed by atoms with Gasteiger partial charge in [0, 0.05) is 50.1 Å². The van der Waals surface area contributed by atoms with Gasteiger partial charge in [-0.1, -0.05) is 24.3 Å². The zero-order valence-electron chi connectivity index (χ0n) is 31.8. The van der Waals surface area contributed by atoms with Crippen molar-refractivity contribution >= 4 is 41.5 Å². The predicted molar refractivity (Wildman–Crippen MR) is 199 cm³/mol. The average Bonchev–Trinajstić information content (AvgIpc) is 3.58. The summed E-state index contributed by atoms with van der Waals surface area (Å²) in [5.74, 6) is -0.330. The molecule has 0 spiro atoms. The minimum Gasteiger partial charge on any atom is -0.444 e. The Labute approximate surface area is 320 Å². The van der Waals surface area contributed by atoms with Crippen LogP contribution in [0.5, 0.6) is 0 Å². The van der Waals surface area contributed by atoms with Crippen LogP contribution in [0.3, 0.4) is 0 Å². The van der Waals surface area contributed by atoms with E-state index < -0.39 is 23.6 Å². The predicted octanol–water partition coefficient (Wildman–Crippen LogP) is 2.85. The second kappa shape index (κ2) is 15.6. The number of hydrogen-bond donors (Lipinski definition) is 3. The molecule has 14 heteroatoms. The lowest BCUT2D eigenvalue weighted by atomic mass is 9.92. The molecule has 292 valence electrons. The molecule has 0 saturated carbocycles. The van der Waals surface area contributed by atoms with Crippen molar-refractivity contribution in [3.05, 3.63) is 69.8 Å². The smallest absolute Gasteiger partial charge is 0.410 e. The molecule has 8 rings (SSSR count). The summed E-state index contributed by atoms with van der Waals surface area (Å²) in [6, 6.07) is 10.7. The summed E-state index contributed by atoms with van der Waals surface area (Å²) in [4.78, 5) is 89.2. The largest absolute Gasteiger partial charge is 0.444 e. The van der Waals surface area contributed by atoms with E-state index in [0.29, 0.717) is 56.1 Å². The van der Waals surface area contributed by atoms with Crippen LogP contribution in [0.25, 0.3) is 0 Å². The van der Waals surface area contributed by atoms with Crippen molar-refractivity contribution in [2.75, 3.05) is 26.2 Å². The Hall–Kier alpha value is -5.11. The van der Waals surface area contributed by atoms with Crippen molar-refractivity contribution in [3.8, 4) is 0 Å². The van der Waals surface area contributed by atoms with Crippen molar-refractivity contribution < 1.29 is 38.3 Å². The summed E-state index contributed by atoms with van der Waals surface area (Å²) in [6.07, 6.45) is 5.08. The number of hydrogen-bond acceptors (Lipinski definition) is 9. The van der Waals surface area contributed by atoms with E-state index in [1.807, 2.05) is 51.1 Å². The average molecular weight is 755 g/mol. The highest BCUT2D eigenvalue weighted by atomic mass is 16.6. The topological polar surface area (TPSA) is 175 Å². The van der Waals surface area contributed by atoms with Gasteiger partial charge in [-0.05, 0) is 119 Å². The minimum absolute atomic E-state index is 0.103. The summed E-state index contributed by atoms with van der Waals surface area (Å²) in [5, 5.41) is 7.94. The number of amides is 7. The van der Waals surface area contributed by atoms with Gasteiger partial charge in [0.25, 0.3) is 11.8 Å². The lowest BCUT2D eigenvalue weighted by Gasteiger charge is -2.39. The molecular formula is C41H50N6O8. The first-order chi connectivity index (χ1) is 26.2. The van der Waals surface area contributed by atoms with E-state index in [-0.39, 0.29) is 48.5 Å². The van der Waals surface area contributed by atoms with E-state index in [1.54, 1.807) is 14.7 Å². The van der Waals surface area contributed by atoms with Crippen molar-refractivity contribution in [2.24, 2.45) is 11.8 Å². The second-order valence-electron chi connectivity index (χ2n) is 16.6. The standard InChI is InChI=1S/C23H29N3O5.C18H21N3O3/c1-23(2,3)31-22(30)25-11-15(12-25)5-4-14-6-7-17-16(10-14)13-26(21(17)29)18-8-9-19(27)24-20(18)28;22-16-6-5-15(17(23)20-16)21-10-13-7-11(1-2-12-8-19-9-12)3-4-14(13)18(21)24/h6-7,10,15,18H,4-5,8-9,11-13H2,1-3H3,(H,24,27,28);3-4,7,12,15,19H,1-2,5-6,8-10H2,(H,20,22,23). The molecule has 7 amide bonds. The molecule has 6 heterocycles. The van der Waals surface area contributed by atoms with Gasteiger partial charge in [0.15, 0.2) is 0 Å².